The van der Waals surface area contributed by atoms with Gasteiger partial charge in [-0.25, -0.2) is 0 Å². The second-order valence-corrected chi connectivity index (χ2v) is 2.90. The van der Waals surface area contributed by atoms with Crippen molar-refractivity contribution >= 4 is 17.2 Å². The lowest BCUT2D eigenvalue weighted by atomic mass is 10.3. The van der Waals surface area contributed by atoms with E-state index >= 15 is 0 Å². The highest BCUT2D eigenvalue weighted by atomic mass is 35.5. The summed E-state index contributed by atoms with van der Waals surface area (Å²) in [5.74, 6) is 1.18. The van der Waals surface area contributed by atoms with Crippen LogP contribution in [0.25, 0.3) is 5.65 Å². The van der Waals surface area contributed by atoms with Crippen LogP contribution in [-0.2, 0) is 5.88 Å². The van der Waals surface area contributed by atoms with Crippen molar-refractivity contribution in [2.24, 2.45) is 0 Å². The van der Waals surface area contributed by atoms with Crippen LogP contribution in [0.5, 0.6) is 0 Å². The Kier molecular flexibility index (Phi) is 1.73. The predicted molar refractivity (Wildman–Crippen MR) is 47.3 cm³/mol. The van der Waals surface area contributed by atoms with Gasteiger partial charge in [-0.1, -0.05) is 6.07 Å². The maximum atomic E-state index is 5.68. The first kappa shape index (κ1) is 7.55. The third-order valence-corrected chi connectivity index (χ3v) is 2.06. The molecule has 2 rings (SSSR count). The van der Waals surface area contributed by atoms with Crippen LogP contribution in [0.3, 0.4) is 0 Å². The van der Waals surface area contributed by atoms with E-state index in [9.17, 15) is 0 Å². The van der Waals surface area contributed by atoms with E-state index in [4.69, 9.17) is 11.6 Å². The first-order valence-corrected chi connectivity index (χ1v) is 4.21. The van der Waals surface area contributed by atoms with Crippen molar-refractivity contribution in [1.29, 1.82) is 0 Å². The van der Waals surface area contributed by atoms with Gasteiger partial charge in [0, 0.05) is 6.20 Å². The highest BCUT2D eigenvalue weighted by Gasteiger charge is 2.04. The summed E-state index contributed by atoms with van der Waals surface area (Å²) in [5.41, 5.74) is 1.99. The van der Waals surface area contributed by atoms with Crippen molar-refractivity contribution < 1.29 is 0 Å². The summed E-state index contributed by atoms with van der Waals surface area (Å²) in [6.45, 7) is 2.00. The highest BCUT2D eigenvalue weighted by molar-refractivity contribution is 6.16. The van der Waals surface area contributed by atoms with Gasteiger partial charge >= 0.3 is 0 Å². The van der Waals surface area contributed by atoms with Gasteiger partial charge in [0.05, 0.1) is 5.88 Å². The van der Waals surface area contributed by atoms with Crippen molar-refractivity contribution in [2.75, 3.05) is 0 Å². The molecule has 0 radical (unpaired) electrons. The van der Waals surface area contributed by atoms with Crippen molar-refractivity contribution in [1.82, 2.24) is 14.6 Å². The van der Waals surface area contributed by atoms with Crippen molar-refractivity contribution in [2.45, 2.75) is 12.8 Å². The molecular formula is C8H8ClN3. The minimum Gasteiger partial charge on any atom is -0.285 e. The molecule has 2 aromatic heterocycles. The molecule has 12 heavy (non-hydrogen) atoms. The molecule has 0 fully saturated rings. The largest absolute Gasteiger partial charge is 0.285 e. The quantitative estimate of drug-likeness (QED) is 0.628. The summed E-state index contributed by atoms with van der Waals surface area (Å²) in [5, 5.41) is 7.97. The molecule has 4 heteroatoms. The zero-order valence-electron chi connectivity index (χ0n) is 6.66. The maximum absolute atomic E-state index is 5.68. The highest BCUT2D eigenvalue weighted by Crippen LogP contribution is 2.09. The van der Waals surface area contributed by atoms with Crippen LogP contribution in [0, 0.1) is 6.92 Å². The molecule has 2 aromatic rings. The average Bonchev–Trinajstić information content (AvgIpc) is 2.49. The van der Waals surface area contributed by atoms with Gasteiger partial charge < -0.3 is 0 Å². The van der Waals surface area contributed by atoms with Gasteiger partial charge in [-0.3, -0.25) is 4.40 Å². The molecule has 0 amide bonds. The minimum absolute atomic E-state index is 0.393. The molecule has 0 atom stereocenters. The molecule has 0 saturated heterocycles. The van der Waals surface area contributed by atoms with E-state index in [0.717, 1.165) is 17.0 Å². The Balaban J connectivity index is 2.80. The first-order valence-electron chi connectivity index (χ1n) is 3.68. The molecule has 0 saturated carbocycles. The number of aromatic nitrogens is 3. The SMILES string of the molecule is Cc1cccn2c(CCl)nnc12. The van der Waals surface area contributed by atoms with Crippen LogP contribution in [0.15, 0.2) is 18.3 Å². The Hall–Kier alpha value is -1.09. The molecule has 0 aliphatic rings. The monoisotopic (exact) mass is 181 g/mol. The fourth-order valence-electron chi connectivity index (χ4n) is 1.19. The van der Waals surface area contributed by atoms with E-state index in [-0.39, 0.29) is 0 Å². The normalized spacial score (nSPS) is 10.8. The first-order chi connectivity index (χ1) is 5.83. The molecule has 62 valence electrons. The van der Waals surface area contributed by atoms with E-state index in [0.29, 0.717) is 5.88 Å². The molecule has 0 aromatic carbocycles. The summed E-state index contributed by atoms with van der Waals surface area (Å²) >= 11 is 5.68. The molecule has 0 spiro atoms. The average molecular weight is 182 g/mol. The number of hydrogen-bond donors (Lipinski definition) is 0. The summed E-state index contributed by atoms with van der Waals surface area (Å²) in [6, 6.07) is 3.96. The molecule has 0 bridgehead atoms. The summed E-state index contributed by atoms with van der Waals surface area (Å²) < 4.78 is 1.91. The van der Waals surface area contributed by atoms with E-state index < -0.39 is 0 Å². The van der Waals surface area contributed by atoms with Crippen LogP contribution >= 0.6 is 11.6 Å². The number of alkyl halides is 1. The molecule has 3 nitrogen and oxygen atoms in total. The van der Waals surface area contributed by atoms with Crippen molar-refractivity contribution in [3.8, 4) is 0 Å². The van der Waals surface area contributed by atoms with Crippen molar-refractivity contribution in [3.05, 3.63) is 29.7 Å². The molecule has 2 heterocycles. The summed E-state index contributed by atoms with van der Waals surface area (Å²) in [6.07, 6.45) is 1.92. The number of halogens is 1. The van der Waals surface area contributed by atoms with E-state index in [1.165, 1.54) is 0 Å². The smallest absolute Gasteiger partial charge is 0.163 e. The van der Waals surface area contributed by atoms with E-state index in [1.807, 2.05) is 29.7 Å². The maximum Gasteiger partial charge on any atom is 0.163 e. The Labute approximate surface area is 75.0 Å². The lowest BCUT2D eigenvalue weighted by Crippen LogP contribution is -1.91. The second kappa shape index (κ2) is 2.75. The Morgan fingerprint density at radius 1 is 1.50 bits per heavy atom. The topological polar surface area (TPSA) is 30.2 Å². The molecule has 0 aliphatic carbocycles. The minimum atomic E-state index is 0.393. The lowest BCUT2D eigenvalue weighted by Gasteiger charge is -1.96. The fourth-order valence-corrected chi connectivity index (χ4v) is 1.37. The van der Waals surface area contributed by atoms with Gasteiger partial charge in [-0.15, -0.1) is 21.8 Å². The number of hydrogen-bond acceptors (Lipinski definition) is 2. The zero-order chi connectivity index (χ0) is 8.55. The lowest BCUT2D eigenvalue weighted by molar-refractivity contribution is 0.986. The molecule has 0 aliphatic heterocycles. The molecule has 0 unspecified atom stereocenters. The van der Waals surface area contributed by atoms with Crippen LogP contribution in [-0.4, -0.2) is 14.6 Å². The zero-order valence-corrected chi connectivity index (χ0v) is 7.41. The fraction of sp³-hybridized carbons (Fsp3) is 0.250. The van der Waals surface area contributed by atoms with Crippen LogP contribution in [0.1, 0.15) is 11.4 Å². The standard InChI is InChI=1S/C8H8ClN3/c1-6-3-2-4-12-7(5-9)10-11-8(6)12/h2-4H,5H2,1H3. The number of pyridine rings is 1. The van der Waals surface area contributed by atoms with Gasteiger partial charge in [-0.2, -0.15) is 0 Å². The van der Waals surface area contributed by atoms with Crippen LogP contribution in [0.4, 0.5) is 0 Å². The second-order valence-electron chi connectivity index (χ2n) is 2.63. The third-order valence-electron chi connectivity index (χ3n) is 1.82. The van der Waals surface area contributed by atoms with Crippen LogP contribution in [0.2, 0.25) is 0 Å². The van der Waals surface area contributed by atoms with Gasteiger partial charge in [0.25, 0.3) is 0 Å². The van der Waals surface area contributed by atoms with E-state index in [2.05, 4.69) is 10.2 Å². The number of aryl methyl sites for hydroxylation is 1. The van der Waals surface area contributed by atoms with Crippen LogP contribution < -0.4 is 0 Å². The third kappa shape index (κ3) is 0.975. The Morgan fingerprint density at radius 3 is 3.08 bits per heavy atom. The van der Waals surface area contributed by atoms with Gasteiger partial charge in [-0.05, 0) is 18.6 Å². The summed E-state index contributed by atoms with van der Waals surface area (Å²) in [7, 11) is 0. The van der Waals surface area contributed by atoms with Gasteiger partial charge in [0.1, 0.15) is 0 Å². The predicted octanol–water partition coefficient (Wildman–Crippen LogP) is 1.78. The number of rotatable bonds is 1. The van der Waals surface area contributed by atoms with Crippen molar-refractivity contribution in [3.63, 3.8) is 0 Å². The number of fused-ring (bicyclic) bond motifs is 1. The van der Waals surface area contributed by atoms with E-state index in [1.54, 1.807) is 0 Å². The summed E-state index contributed by atoms with van der Waals surface area (Å²) in [4.78, 5) is 0. The molecule has 0 N–H and O–H groups in total. The van der Waals surface area contributed by atoms with Gasteiger partial charge in [0.15, 0.2) is 11.5 Å². The molecular weight excluding hydrogens is 174 g/mol. The number of nitrogens with zero attached hydrogens (tertiary/aromatic N) is 3. The Bertz CT molecular complexity index is 408. The van der Waals surface area contributed by atoms with Gasteiger partial charge in [0.2, 0.25) is 0 Å². The Morgan fingerprint density at radius 2 is 2.33 bits per heavy atom.